The standard InChI is InChI=1S/C30H24N2O7/c1-18(2)23(30(37)39-25(19-11-5-3-6-12-19)20-13-7-4-8-14-20)32-28(36)24(29(32)38-17-33)31-26(34)21-15-9-10-16-22(21)27(31)35/h3-17,24-25,29H,1-2H3/t24-,29-/m1/s1. The van der Waals surface area contributed by atoms with Crippen LogP contribution < -0.4 is 0 Å². The van der Waals surface area contributed by atoms with Crippen LogP contribution in [0.3, 0.4) is 0 Å². The van der Waals surface area contributed by atoms with Crippen LogP contribution in [0.25, 0.3) is 0 Å². The third-order valence-corrected chi connectivity index (χ3v) is 6.65. The van der Waals surface area contributed by atoms with Gasteiger partial charge < -0.3 is 9.47 Å². The van der Waals surface area contributed by atoms with Crippen LogP contribution in [0.4, 0.5) is 0 Å². The number of hydrogen-bond acceptors (Lipinski definition) is 7. The maximum absolute atomic E-state index is 13.6. The maximum Gasteiger partial charge on any atom is 0.356 e. The third-order valence-electron chi connectivity index (χ3n) is 6.65. The van der Waals surface area contributed by atoms with Crippen molar-refractivity contribution in [2.24, 2.45) is 0 Å². The number of allylic oxidation sites excluding steroid dienone is 1. The maximum atomic E-state index is 13.6. The largest absolute Gasteiger partial charge is 0.448 e. The SMILES string of the molecule is CC(C)=C(C(=O)OC(c1ccccc1)c1ccccc1)N1C(=O)[C@@H](N2C(=O)c3ccccc3C2=O)[C@H]1OC=O. The monoisotopic (exact) mass is 524 g/mol. The molecule has 2 atom stereocenters. The van der Waals surface area contributed by atoms with Gasteiger partial charge in [0.1, 0.15) is 5.70 Å². The van der Waals surface area contributed by atoms with Gasteiger partial charge in [-0.2, -0.15) is 0 Å². The third kappa shape index (κ3) is 4.37. The van der Waals surface area contributed by atoms with Crippen LogP contribution in [-0.2, 0) is 23.9 Å². The molecular formula is C30H24N2O7. The Morgan fingerprint density at radius 1 is 0.795 bits per heavy atom. The second-order valence-corrected chi connectivity index (χ2v) is 9.26. The highest BCUT2D eigenvalue weighted by molar-refractivity contribution is 6.23. The molecule has 0 N–H and O–H groups in total. The van der Waals surface area contributed by atoms with Gasteiger partial charge in [-0.25, -0.2) is 4.79 Å². The average molecular weight is 525 g/mol. The highest BCUT2D eigenvalue weighted by Gasteiger charge is 2.60. The van der Waals surface area contributed by atoms with Crippen LogP contribution in [0.15, 0.2) is 96.2 Å². The van der Waals surface area contributed by atoms with E-state index in [9.17, 15) is 24.0 Å². The molecule has 0 spiro atoms. The lowest BCUT2D eigenvalue weighted by atomic mass is 9.99. The van der Waals surface area contributed by atoms with Gasteiger partial charge in [0.2, 0.25) is 6.23 Å². The van der Waals surface area contributed by atoms with Crippen LogP contribution in [0.1, 0.15) is 51.8 Å². The molecule has 0 radical (unpaired) electrons. The van der Waals surface area contributed by atoms with Crippen molar-refractivity contribution >= 4 is 30.2 Å². The summed E-state index contributed by atoms with van der Waals surface area (Å²) in [6, 6.07) is 23.0. The number of β-lactam (4-membered cyclic amide) rings is 1. The van der Waals surface area contributed by atoms with E-state index in [1.54, 1.807) is 26.0 Å². The summed E-state index contributed by atoms with van der Waals surface area (Å²) in [5.41, 5.74) is 1.99. The Hall–Kier alpha value is -5.05. The number of carbonyl (C=O) groups excluding carboxylic acids is 5. The molecule has 0 unspecified atom stereocenters. The van der Waals surface area contributed by atoms with Gasteiger partial charge in [0, 0.05) is 0 Å². The van der Waals surface area contributed by atoms with Gasteiger partial charge in [0.15, 0.2) is 12.1 Å². The Labute approximate surface area is 224 Å². The van der Waals surface area contributed by atoms with Gasteiger partial charge >= 0.3 is 5.97 Å². The molecule has 196 valence electrons. The normalized spacial score (nSPS) is 18.0. The molecule has 1 fully saturated rings. The summed E-state index contributed by atoms with van der Waals surface area (Å²) in [6.45, 7) is 3.33. The van der Waals surface area contributed by atoms with Crippen LogP contribution in [0.2, 0.25) is 0 Å². The average Bonchev–Trinajstić information content (AvgIpc) is 3.20. The molecule has 1 saturated heterocycles. The molecule has 5 rings (SSSR count). The zero-order valence-corrected chi connectivity index (χ0v) is 21.1. The van der Waals surface area contributed by atoms with Gasteiger partial charge in [0.05, 0.1) is 11.1 Å². The van der Waals surface area contributed by atoms with E-state index < -0.39 is 42.1 Å². The highest BCUT2D eigenvalue weighted by atomic mass is 16.6. The molecule has 0 saturated carbocycles. The summed E-state index contributed by atoms with van der Waals surface area (Å²) >= 11 is 0. The minimum absolute atomic E-state index is 0.111. The fourth-order valence-electron chi connectivity index (χ4n) is 4.87. The molecule has 9 heteroatoms. The fourth-order valence-corrected chi connectivity index (χ4v) is 4.87. The van der Waals surface area contributed by atoms with E-state index in [1.165, 1.54) is 12.1 Å². The minimum Gasteiger partial charge on any atom is -0.448 e. The number of esters is 1. The molecule has 0 aromatic heterocycles. The van der Waals surface area contributed by atoms with Crippen molar-refractivity contribution in [1.29, 1.82) is 0 Å². The van der Waals surface area contributed by atoms with Crippen molar-refractivity contribution in [1.82, 2.24) is 9.80 Å². The second-order valence-electron chi connectivity index (χ2n) is 9.26. The minimum atomic E-state index is -1.43. The number of rotatable bonds is 8. The predicted molar refractivity (Wildman–Crippen MR) is 138 cm³/mol. The molecule has 2 heterocycles. The van der Waals surface area contributed by atoms with Gasteiger partial charge in [-0.1, -0.05) is 72.8 Å². The molecular weight excluding hydrogens is 500 g/mol. The summed E-state index contributed by atoms with van der Waals surface area (Å²) in [4.78, 5) is 66.4. The van der Waals surface area contributed by atoms with Crippen molar-refractivity contribution in [3.8, 4) is 0 Å². The molecule has 39 heavy (non-hydrogen) atoms. The smallest absolute Gasteiger partial charge is 0.356 e. The zero-order valence-electron chi connectivity index (χ0n) is 21.1. The van der Waals surface area contributed by atoms with E-state index in [0.717, 1.165) is 9.80 Å². The lowest BCUT2D eigenvalue weighted by Crippen LogP contribution is -2.72. The number of ether oxygens (including phenoxy) is 2. The van der Waals surface area contributed by atoms with E-state index in [-0.39, 0.29) is 23.3 Å². The van der Waals surface area contributed by atoms with Gasteiger partial charge in [-0.05, 0) is 42.7 Å². The van der Waals surface area contributed by atoms with Crippen molar-refractivity contribution < 1.29 is 33.4 Å². The first-order valence-corrected chi connectivity index (χ1v) is 12.2. The van der Waals surface area contributed by atoms with E-state index in [0.29, 0.717) is 16.7 Å². The predicted octanol–water partition coefficient (Wildman–Crippen LogP) is 3.62. The number of nitrogens with zero attached hydrogens (tertiary/aromatic N) is 2. The number of benzene rings is 3. The van der Waals surface area contributed by atoms with Crippen molar-refractivity contribution in [3.63, 3.8) is 0 Å². The molecule has 2 aliphatic heterocycles. The number of fused-ring (bicyclic) bond motifs is 1. The summed E-state index contributed by atoms with van der Waals surface area (Å²) in [6.07, 6.45) is -2.19. The molecule has 0 bridgehead atoms. The van der Waals surface area contributed by atoms with Crippen LogP contribution >= 0.6 is 0 Å². The molecule has 0 aliphatic carbocycles. The molecule has 9 nitrogen and oxygen atoms in total. The lowest BCUT2D eigenvalue weighted by molar-refractivity contribution is -0.187. The van der Waals surface area contributed by atoms with E-state index in [2.05, 4.69) is 0 Å². The molecule has 3 amide bonds. The summed E-state index contributed by atoms with van der Waals surface area (Å²) in [7, 11) is 0. The highest BCUT2D eigenvalue weighted by Crippen LogP contribution is 2.37. The molecule has 3 aromatic carbocycles. The first kappa shape index (κ1) is 25.6. The first-order chi connectivity index (χ1) is 18.8. The number of hydrogen-bond donors (Lipinski definition) is 0. The van der Waals surface area contributed by atoms with Crippen LogP contribution in [0.5, 0.6) is 0 Å². The van der Waals surface area contributed by atoms with E-state index in [1.807, 2.05) is 60.7 Å². The number of likely N-dealkylation sites (tertiary alicyclic amines) is 1. The van der Waals surface area contributed by atoms with E-state index >= 15 is 0 Å². The topological polar surface area (TPSA) is 110 Å². The van der Waals surface area contributed by atoms with Gasteiger partial charge in [-0.15, -0.1) is 0 Å². The second kappa shape index (κ2) is 10.4. The Morgan fingerprint density at radius 3 is 1.74 bits per heavy atom. The van der Waals surface area contributed by atoms with Crippen molar-refractivity contribution in [2.75, 3.05) is 0 Å². The Morgan fingerprint density at radius 2 is 1.28 bits per heavy atom. The van der Waals surface area contributed by atoms with Gasteiger partial charge in [-0.3, -0.25) is 29.0 Å². The fraction of sp³-hybridized carbons (Fsp3) is 0.167. The Kier molecular flexibility index (Phi) is 6.81. The number of amides is 3. The van der Waals surface area contributed by atoms with E-state index in [4.69, 9.17) is 9.47 Å². The Bertz CT molecular complexity index is 1420. The van der Waals surface area contributed by atoms with Crippen LogP contribution in [0, 0.1) is 0 Å². The number of imide groups is 1. The zero-order chi connectivity index (χ0) is 27.7. The van der Waals surface area contributed by atoms with Crippen molar-refractivity contribution in [3.05, 3.63) is 118 Å². The molecule has 2 aliphatic rings. The van der Waals surface area contributed by atoms with Crippen LogP contribution in [-0.4, -0.2) is 52.2 Å². The summed E-state index contributed by atoms with van der Waals surface area (Å²) < 4.78 is 11.1. The molecule has 3 aromatic rings. The number of carbonyl (C=O) groups is 5. The summed E-state index contributed by atoms with van der Waals surface area (Å²) in [5.74, 6) is -2.94. The first-order valence-electron chi connectivity index (χ1n) is 12.2. The van der Waals surface area contributed by atoms with Gasteiger partial charge in [0.25, 0.3) is 24.2 Å². The lowest BCUT2D eigenvalue weighted by Gasteiger charge is -2.48. The summed E-state index contributed by atoms with van der Waals surface area (Å²) in [5, 5.41) is 0. The Balaban J connectivity index is 1.46. The van der Waals surface area contributed by atoms with Crippen molar-refractivity contribution in [2.45, 2.75) is 32.2 Å². The quantitative estimate of drug-likeness (QED) is 0.146.